The van der Waals surface area contributed by atoms with Crippen molar-refractivity contribution in [1.29, 1.82) is 0 Å². The minimum absolute atomic E-state index is 0.0199. The summed E-state index contributed by atoms with van der Waals surface area (Å²) in [5.74, 6) is 0.719. The van der Waals surface area contributed by atoms with Crippen LogP contribution in [0.2, 0.25) is 0 Å². The SMILES string of the molecule is CN=C(NCc1cccc(NC(=O)N2CCCC2)c1)NC(C)COC. The lowest BCUT2D eigenvalue weighted by molar-refractivity contribution is 0.179. The van der Waals surface area contributed by atoms with Crippen molar-refractivity contribution in [3.63, 3.8) is 0 Å². The molecule has 1 fully saturated rings. The molecule has 2 amide bonds. The second kappa shape index (κ2) is 9.88. The highest BCUT2D eigenvalue weighted by Crippen LogP contribution is 2.14. The molecule has 2 rings (SSSR count). The Balaban J connectivity index is 1.86. The van der Waals surface area contributed by atoms with Crippen molar-refractivity contribution in [2.75, 3.05) is 39.2 Å². The Labute approximate surface area is 149 Å². The zero-order valence-electron chi connectivity index (χ0n) is 15.3. The molecule has 0 aromatic heterocycles. The molecule has 138 valence electrons. The van der Waals surface area contributed by atoms with Crippen LogP contribution in [-0.2, 0) is 11.3 Å². The van der Waals surface area contributed by atoms with E-state index in [4.69, 9.17) is 4.74 Å². The molecule has 25 heavy (non-hydrogen) atoms. The number of ether oxygens (including phenoxy) is 1. The number of aliphatic imine (C=N–C) groups is 1. The molecule has 0 bridgehead atoms. The summed E-state index contributed by atoms with van der Waals surface area (Å²) in [5, 5.41) is 9.50. The number of guanidine groups is 1. The van der Waals surface area contributed by atoms with Gasteiger partial charge in [0.15, 0.2) is 5.96 Å². The van der Waals surface area contributed by atoms with E-state index in [-0.39, 0.29) is 12.1 Å². The van der Waals surface area contributed by atoms with Crippen molar-refractivity contribution < 1.29 is 9.53 Å². The molecular weight excluding hydrogens is 318 g/mol. The van der Waals surface area contributed by atoms with E-state index < -0.39 is 0 Å². The van der Waals surface area contributed by atoms with Gasteiger partial charge in [0.2, 0.25) is 0 Å². The normalized spacial score (nSPS) is 15.8. The zero-order chi connectivity index (χ0) is 18.1. The first-order chi connectivity index (χ1) is 12.1. The van der Waals surface area contributed by atoms with Crippen LogP contribution in [0.25, 0.3) is 0 Å². The van der Waals surface area contributed by atoms with Crippen molar-refractivity contribution in [3.05, 3.63) is 29.8 Å². The van der Waals surface area contributed by atoms with Gasteiger partial charge in [-0.2, -0.15) is 0 Å². The van der Waals surface area contributed by atoms with Crippen molar-refractivity contribution in [3.8, 4) is 0 Å². The van der Waals surface area contributed by atoms with Crippen LogP contribution in [0.15, 0.2) is 29.3 Å². The molecule has 1 aromatic rings. The molecule has 7 nitrogen and oxygen atoms in total. The predicted octanol–water partition coefficient (Wildman–Crippen LogP) is 2.01. The van der Waals surface area contributed by atoms with Gasteiger partial charge in [0.25, 0.3) is 0 Å². The van der Waals surface area contributed by atoms with Gasteiger partial charge in [0, 0.05) is 45.5 Å². The first-order valence-corrected chi connectivity index (χ1v) is 8.73. The molecule has 3 N–H and O–H groups in total. The molecule has 0 aliphatic carbocycles. The summed E-state index contributed by atoms with van der Waals surface area (Å²) in [5.41, 5.74) is 1.88. The van der Waals surface area contributed by atoms with Gasteiger partial charge in [-0.05, 0) is 37.5 Å². The first kappa shape index (κ1) is 19.1. The molecule has 1 aromatic carbocycles. The predicted molar refractivity (Wildman–Crippen MR) is 101 cm³/mol. The van der Waals surface area contributed by atoms with Gasteiger partial charge in [-0.15, -0.1) is 0 Å². The van der Waals surface area contributed by atoms with E-state index in [0.29, 0.717) is 13.2 Å². The quantitative estimate of drug-likeness (QED) is 0.543. The molecule has 1 heterocycles. The number of nitrogens with zero attached hydrogens (tertiary/aromatic N) is 2. The third-order valence-corrected chi connectivity index (χ3v) is 4.05. The maximum Gasteiger partial charge on any atom is 0.321 e. The molecule has 0 saturated carbocycles. The van der Waals surface area contributed by atoms with Gasteiger partial charge < -0.3 is 25.6 Å². The highest BCUT2D eigenvalue weighted by molar-refractivity contribution is 5.89. The van der Waals surface area contributed by atoms with Gasteiger partial charge in [-0.3, -0.25) is 4.99 Å². The smallest absolute Gasteiger partial charge is 0.321 e. The molecular formula is C18H29N5O2. The Morgan fingerprint density at radius 1 is 1.36 bits per heavy atom. The average Bonchev–Trinajstić information content (AvgIpc) is 3.14. The molecule has 0 radical (unpaired) electrons. The lowest BCUT2D eigenvalue weighted by atomic mass is 10.2. The summed E-state index contributed by atoms with van der Waals surface area (Å²) in [4.78, 5) is 18.2. The van der Waals surface area contributed by atoms with Crippen molar-refractivity contribution >= 4 is 17.7 Å². The van der Waals surface area contributed by atoms with Crippen LogP contribution in [0.3, 0.4) is 0 Å². The van der Waals surface area contributed by atoms with E-state index in [1.165, 1.54) is 0 Å². The summed E-state index contributed by atoms with van der Waals surface area (Å²) in [6.07, 6.45) is 2.18. The van der Waals surface area contributed by atoms with Gasteiger partial charge in [-0.25, -0.2) is 4.79 Å². The summed E-state index contributed by atoms with van der Waals surface area (Å²) in [7, 11) is 3.41. The lowest BCUT2D eigenvalue weighted by Gasteiger charge is -2.18. The first-order valence-electron chi connectivity index (χ1n) is 8.73. The monoisotopic (exact) mass is 347 g/mol. The maximum atomic E-state index is 12.2. The van der Waals surface area contributed by atoms with Crippen LogP contribution >= 0.6 is 0 Å². The van der Waals surface area contributed by atoms with Gasteiger partial charge in [0.05, 0.1) is 6.61 Å². The van der Waals surface area contributed by atoms with E-state index in [2.05, 4.69) is 20.9 Å². The van der Waals surface area contributed by atoms with Gasteiger partial charge >= 0.3 is 6.03 Å². The van der Waals surface area contributed by atoms with Gasteiger partial charge in [-0.1, -0.05) is 12.1 Å². The highest BCUT2D eigenvalue weighted by Gasteiger charge is 2.17. The van der Waals surface area contributed by atoms with Crippen molar-refractivity contribution in [1.82, 2.24) is 15.5 Å². The summed E-state index contributed by atoms with van der Waals surface area (Å²) in [6, 6.07) is 8.00. The van der Waals surface area contributed by atoms with Crippen molar-refractivity contribution in [2.24, 2.45) is 4.99 Å². The van der Waals surface area contributed by atoms with E-state index in [1.54, 1.807) is 14.2 Å². The van der Waals surface area contributed by atoms with E-state index in [9.17, 15) is 4.79 Å². The fourth-order valence-electron chi connectivity index (χ4n) is 2.79. The topological polar surface area (TPSA) is 78.0 Å². The number of hydrogen-bond donors (Lipinski definition) is 3. The third kappa shape index (κ3) is 6.26. The lowest BCUT2D eigenvalue weighted by Crippen LogP contribution is -2.43. The number of anilines is 1. The maximum absolute atomic E-state index is 12.2. The van der Waals surface area contributed by atoms with Crippen LogP contribution in [0.4, 0.5) is 10.5 Å². The second-order valence-electron chi connectivity index (χ2n) is 6.25. The van der Waals surface area contributed by atoms with Crippen molar-refractivity contribution in [2.45, 2.75) is 32.4 Å². The Morgan fingerprint density at radius 3 is 2.80 bits per heavy atom. The summed E-state index contributed by atoms with van der Waals surface area (Å²) in [6.45, 7) is 4.94. The molecule has 7 heteroatoms. The third-order valence-electron chi connectivity index (χ3n) is 4.05. The molecule has 1 aliphatic heterocycles. The molecule has 1 saturated heterocycles. The van der Waals surface area contributed by atoms with Crippen LogP contribution in [0, 0.1) is 0 Å². The number of likely N-dealkylation sites (tertiary alicyclic amines) is 1. The number of methoxy groups -OCH3 is 1. The number of amides is 2. The number of nitrogens with one attached hydrogen (secondary N) is 3. The fourth-order valence-corrected chi connectivity index (χ4v) is 2.79. The molecule has 1 unspecified atom stereocenters. The Bertz CT molecular complexity index is 585. The number of benzene rings is 1. The molecule has 1 aliphatic rings. The Kier molecular flexibility index (Phi) is 7.53. The minimum atomic E-state index is -0.0199. The standard InChI is InChI=1S/C18H29N5O2/c1-14(13-25-3)21-17(19-2)20-12-15-7-6-8-16(11-15)22-18(24)23-9-4-5-10-23/h6-8,11,14H,4-5,9-10,12-13H2,1-3H3,(H,22,24)(H2,19,20,21). The minimum Gasteiger partial charge on any atom is -0.383 e. The number of carbonyl (C=O) groups excluding carboxylic acids is 1. The van der Waals surface area contributed by atoms with Crippen LogP contribution in [0.1, 0.15) is 25.3 Å². The molecule has 0 spiro atoms. The average molecular weight is 347 g/mol. The summed E-state index contributed by atoms with van der Waals surface area (Å²) >= 11 is 0. The summed E-state index contributed by atoms with van der Waals surface area (Å²) < 4.78 is 5.12. The van der Waals surface area contributed by atoms with Crippen LogP contribution < -0.4 is 16.0 Å². The Morgan fingerprint density at radius 2 is 2.12 bits per heavy atom. The fraction of sp³-hybridized carbons (Fsp3) is 0.556. The number of carbonyl (C=O) groups is 1. The van der Waals surface area contributed by atoms with Gasteiger partial charge in [0.1, 0.15) is 0 Å². The highest BCUT2D eigenvalue weighted by atomic mass is 16.5. The number of rotatable bonds is 6. The van der Waals surface area contributed by atoms with E-state index in [0.717, 1.165) is 43.1 Å². The Hall–Kier alpha value is -2.28. The van der Waals surface area contributed by atoms with Crippen LogP contribution in [0.5, 0.6) is 0 Å². The molecule has 1 atom stereocenters. The zero-order valence-corrected chi connectivity index (χ0v) is 15.3. The van der Waals surface area contributed by atoms with E-state index >= 15 is 0 Å². The van der Waals surface area contributed by atoms with E-state index in [1.807, 2.05) is 36.1 Å². The number of urea groups is 1. The second-order valence-corrected chi connectivity index (χ2v) is 6.25. The number of hydrogen-bond acceptors (Lipinski definition) is 3. The van der Waals surface area contributed by atoms with Crippen LogP contribution in [-0.4, -0.2) is 56.8 Å². The largest absolute Gasteiger partial charge is 0.383 e.